The van der Waals surface area contributed by atoms with Crippen molar-refractivity contribution in [3.05, 3.63) is 30.7 Å². The number of carbonyl (C=O) groups is 1. The molecule has 0 spiro atoms. The number of anilines is 2. The van der Waals surface area contributed by atoms with Crippen LogP contribution in [0.2, 0.25) is 0 Å². The van der Waals surface area contributed by atoms with Crippen LogP contribution in [0.3, 0.4) is 0 Å². The van der Waals surface area contributed by atoms with Crippen molar-refractivity contribution in [1.29, 1.82) is 0 Å². The summed E-state index contributed by atoms with van der Waals surface area (Å²) in [5.41, 5.74) is 14.6. The molecule has 0 bridgehead atoms. The van der Waals surface area contributed by atoms with Crippen molar-refractivity contribution < 1.29 is 4.79 Å². The molecule has 1 amide bonds. The van der Waals surface area contributed by atoms with E-state index in [9.17, 15) is 4.79 Å². The Morgan fingerprint density at radius 2 is 2.12 bits per heavy atom. The highest BCUT2D eigenvalue weighted by Gasteiger charge is 2.28. The second-order valence-corrected chi connectivity index (χ2v) is 5.89. The lowest BCUT2D eigenvalue weighted by atomic mass is 10.1. The number of nitrogens with one attached hydrogen (secondary N) is 1. The second-order valence-electron chi connectivity index (χ2n) is 5.89. The Bertz CT molecular complexity index is 920. The summed E-state index contributed by atoms with van der Waals surface area (Å²) >= 11 is 0. The molecule has 1 saturated heterocycles. The average molecular weight is 323 g/mol. The molecule has 0 radical (unpaired) electrons. The molecule has 24 heavy (non-hydrogen) atoms. The Morgan fingerprint density at radius 3 is 2.88 bits per heavy atom. The van der Waals surface area contributed by atoms with Crippen LogP contribution in [0.15, 0.2) is 30.7 Å². The Morgan fingerprint density at radius 1 is 1.29 bits per heavy atom. The molecule has 3 aromatic rings. The number of rotatable bonds is 3. The molecule has 1 aliphatic heterocycles. The van der Waals surface area contributed by atoms with Gasteiger partial charge in [0.2, 0.25) is 11.9 Å². The standard InChI is InChI=1S/C16H17N7O/c17-14(24)9-3-6-23(8-9)12-2-5-19-15-13(12)10(7-21-15)11-1-4-20-16(18)22-11/h1-2,4-5,7,9H,3,6,8H2,(H2,17,24)(H,19,21)(H2,18,20,22)/t9-/m1/s1. The number of nitrogens with zero attached hydrogens (tertiary/aromatic N) is 4. The van der Waals surface area contributed by atoms with E-state index >= 15 is 0 Å². The summed E-state index contributed by atoms with van der Waals surface area (Å²) in [6, 6.07) is 3.76. The van der Waals surface area contributed by atoms with Gasteiger partial charge in [-0.15, -0.1) is 0 Å². The van der Waals surface area contributed by atoms with Crippen molar-refractivity contribution in [2.24, 2.45) is 11.7 Å². The number of carbonyl (C=O) groups excluding carboxylic acids is 1. The first-order valence-corrected chi connectivity index (χ1v) is 7.72. The molecule has 3 aromatic heterocycles. The van der Waals surface area contributed by atoms with E-state index in [0.717, 1.165) is 40.9 Å². The van der Waals surface area contributed by atoms with E-state index in [1.165, 1.54) is 0 Å². The van der Waals surface area contributed by atoms with Gasteiger partial charge in [0.25, 0.3) is 0 Å². The predicted octanol–water partition coefficient (Wildman–Crippen LogP) is 0.914. The molecule has 0 saturated carbocycles. The summed E-state index contributed by atoms with van der Waals surface area (Å²) in [6.07, 6.45) is 6.01. The van der Waals surface area contributed by atoms with Gasteiger partial charge >= 0.3 is 0 Å². The zero-order valence-electron chi connectivity index (χ0n) is 12.9. The zero-order chi connectivity index (χ0) is 16.7. The van der Waals surface area contributed by atoms with Crippen LogP contribution in [0.5, 0.6) is 0 Å². The summed E-state index contributed by atoms with van der Waals surface area (Å²) < 4.78 is 0. The number of nitrogen functional groups attached to an aromatic ring is 1. The lowest BCUT2D eigenvalue weighted by molar-refractivity contribution is -0.121. The number of H-pyrrole nitrogens is 1. The number of primary amides is 1. The average Bonchev–Trinajstić information content (AvgIpc) is 3.22. The number of aromatic amines is 1. The molecule has 4 heterocycles. The van der Waals surface area contributed by atoms with Crippen molar-refractivity contribution in [1.82, 2.24) is 19.9 Å². The van der Waals surface area contributed by atoms with Crippen molar-refractivity contribution in [2.75, 3.05) is 23.7 Å². The Balaban J connectivity index is 1.82. The quantitative estimate of drug-likeness (QED) is 0.657. The fourth-order valence-electron chi connectivity index (χ4n) is 3.24. The molecule has 0 aromatic carbocycles. The van der Waals surface area contributed by atoms with E-state index in [4.69, 9.17) is 11.5 Å². The molecule has 122 valence electrons. The second kappa shape index (κ2) is 5.48. The van der Waals surface area contributed by atoms with Crippen LogP contribution in [-0.4, -0.2) is 38.9 Å². The van der Waals surface area contributed by atoms with Crippen molar-refractivity contribution in [2.45, 2.75) is 6.42 Å². The third-order valence-electron chi connectivity index (χ3n) is 4.43. The molecule has 1 atom stereocenters. The van der Waals surface area contributed by atoms with Gasteiger partial charge in [-0.05, 0) is 18.6 Å². The van der Waals surface area contributed by atoms with Crippen LogP contribution in [-0.2, 0) is 4.79 Å². The van der Waals surface area contributed by atoms with Gasteiger partial charge in [0, 0.05) is 37.2 Å². The normalized spacial score (nSPS) is 17.5. The third-order valence-corrected chi connectivity index (χ3v) is 4.43. The molecule has 1 aliphatic rings. The fourth-order valence-corrected chi connectivity index (χ4v) is 3.24. The van der Waals surface area contributed by atoms with Crippen molar-refractivity contribution in [3.63, 3.8) is 0 Å². The van der Waals surface area contributed by atoms with Crippen LogP contribution < -0.4 is 16.4 Å². The molecule has 4 rings (SSSR count). The summed E-state index contributed by atoms with van der Waals surface area (Å²) in [5.74, 6) is -0.145. The van der Waals surface area contributed by atoms with Crippen LogP contribution >= 0.6 is 0 Å². The highest BCUT2D eigenvalue weighted by atomic mass is 16.1. The van der Waals surface area contributed by atoms with E-state index in [2.05, 4.69) is 24.8 Å². The van der Waals surface area contributed by atoms with Gasteiger partial charge in [0.15, 0.2) is 0 Å². The predicted molar refractivity (Wildman–Crippen MR) is 91.0 cm³/mol. The number of aromatic nitrogens is 4. The molecule has 0 unspecified atom stereocenters. The molecular weight excluding hydrogens is 306 g/mol. The van der Waals surface area contributed by atoms with E-state index in [1.54, 1.807) is 12.4 Å². The highest BCUT2D eigenvalue weighted by molar-refractivity contribution is 6.02. The monoisotopic (exact) mass is 323 g/mol. The fraction of sp³-hybridized carbons (Fsp3) is 0.250. The first kappa shape index (κ1) is 14.4. The summed E-state index contributed by atoms with van der Waals surface area (Å²) in [5, 5.41) is 0.959. The molecule has 5 N–H and O–H groups in total. The van der Waals surface area contributed by atoms with Crippen LogP contribution in [0.1, 0.15) is 6.42 Å². The largest absolute Gasteiger partial charge is 0.370 e. The van der Waals surface area contributed by atoms with Gasteiger partial charge < -0.3 is 21.4 Å². The van der Waals surface area contributed by atoms with Crippen LogP contribution in [0, 0.1) is 5.92 Å². The molecular formula is C16H17N7O. The molecule has 8 nitrogen and oxygen atoms in total. The van der Waals surface area contributed by atoms with Gasteiger partial charge in [-0.3, -0.25) is 4.79 Å². The molecule has 8 heteroatoms. The zero-order valence-corrected chi connectivity index (χ0v) is 12.9. The maximum atomic E-state index is 11.5. The summed E-state index contributed by atoms with van der Waals surface area (Å²) in [7, 11) is 0. The third kappa shape index (κ3) is 2.32. The van der Waals surface area contributed by atoms with Gasteiger partial charge in [0.05, 0.1) is 22.7 Å². The number of amides is 1. The topological polar surface area (TPSA) is 127 Å². The summed E-state index contributed by atoms with van der Waals surface area (Å²) in [6.45, 7) is 1.40. The van der Waals surface area contributed by atoms with E-state index in [1.807, 2.05) is 18.3 Å². The van der Waals surface area contributed by atoms with E-state index in [-0.39, 0.29) is 17.8 Å². The van der Waals surface area contributed by atoms with Gasteiger partial charge in [-0.25, -0.2) is 15.0 Å². The van der Waals surface area contributed by atoms with Crippen molar-refractivity contribution >= 4 is 28.6 Å². The lowest BCUT2D eigenvalue weighted by Gasteiger charge is -2.19. The minimum Gasteiger partial charge on any atom is -0.370 e. The smallest absolute Gasteiger partial charge is 0.222 e. The molecule has 1 fully saturated rings. The van der Waals surface area contributed by atoms with Gasteiger partial charge in [-0.2, -0.15) is 0 Å². The van der Waals surface area contributed by atoms with Gasteiger partial charge in [0.1, 0.15) is 5.65 Å². The van der Waals surface area contributed by atoms with Gasteiger partial charge in [-0.1, -0.05) is 0 Å². The minimum absolute atomic E-state index is 0.120. The number of hydrogen-bond donors (Lipinski definition) is 3. The van der Waals surface area contributed by atoms with E-state index in [0.29, 0.717) is 6.54 Å². The SMILES string of the molecule is NC(=O)[C@@H]1CCN(c2ccnc3[nH]cc(-c4ccnc(N)n4)c23)C1. The number of fused-ring (bicyclic) bond motifs is 1. The Hall–Kier alpha value is -3.16. The Labute approximate surface area is 137 Å². The van der Waals surface area contributed by atoms with Crippen molar-refractivity contribution in [3.8, 4) is 11.3 Å². The first-order chi connectivity index (χ1) is 11.6. The number of hydrogen-bond acceptors (Lipinski definition) is 6. The van der Waals surface area contributed by atoms with Crippen LogP contribution in [0.4, 0.5) is 11.6 Å². The maximum absolute atomic E-state index is 11.5. The number of nitrogens with two attached hydrogens (primary N) is 2. The highest BCUT2D eigenvalue weighted by Crippen LogP contribution is 2.36. The maximum Gasteiger partial charge on any atom is 0.222 e. The Kier molecular flexibility index (Phi) is 3.30. The molecule has 0 aliphatic carbocycles. The van der Waals surface area contributed by atoms with E-state index < -0.39 is 0 Å². The lowest BCUT2D eigenvalue weighted by Crippen LogP contribution is -2.27. The van der Waals surface area contributed by atoms with Crippen LogP contribution in [0.25, 0.3) is 22.3 Å². The summed E-state index contributed by atoms with van der Waals surface area (Å²) in [4.78, 5) is 29.4. The minimum atomic E-state index is -0.249. The first-order valence-electron chi connectivity index (χ1n) is 7.72. The number of pyridine rings is 1.